The van der Waals surface area contributed by atoms with Gasteiger partial charge in [0.1, 0.15) is 6.10 Å². The van der Waals surface area contributed by atoms with Crippen LogP contribution in [0.15, 0.2) is 54.6 Å². The van der Waals surface area contributed by atoms with Crippen LogP contribution in [-0.2, 0) is 11.3 Å². The summed E-state index contributed by atoms with van der Waals surface area (Å²) in [5, 5.41) is 22.4. The quantitative estimate of drug-likeness (QED) is 0.641. The van der Waals surface area contributed by atoms with E-state index in [1.54, 1.807) is 12.1 Å². The van der Waals surface area contributed by atoms with Crippen LogP contribution in [-0.4, -0.2) is 50.4 Å². The van der Waals surface area contributed by atoms with Crippen molar-refractivity contribution < 1.29 is 15.0 Å². The molecule has 1 heterocycles. The fourth-order valence-electron chi connectivity index (χ4n) is 4.42. The summed E-state index contributed by atoms with van der Waals surface area (Å²) in [5.41, 5.74) is 7.47. The zero-order valence-electron chi connectivity index (χ0n) is 15.6. The lowest BCUT2D eigenvalue weighted by Gasteiger charge is -2.42. The summed E-state index contributed by atoms with van der Waals surface area (Å²) < 4.78 is 0. The number of carbonyl (C=O) groups is 1. The summed E-state index contributed by atoms with van der Waals surface area (Å²) in [6, 6.07) is 15.8. The molecule has 29 heavy (non-hydrogen) atoms. The summed E-state index contributed by atoms with van der Waals surface area (Å²) in [4.78, 5) is 16.0. The van der Waals surface area contributed by atoms with Gasteiger partial charge in [-0.05, 0) is 48.5 Å². The molecule has 8 heteroatoms. The number of aliphatic hydroxyl groups is 2. The largest absolute Gasteiger partial charge is 0.390 e. The Bertz CT molecular complexity index is 911. The zero-order chi connectivity index (χ0) is 20.7. The second kappa shape index (κ2) is 7.91. The molecule has 0 radical (unpaired) electrons. The minimum atomic E-state index is -1.06. The van der Waals surface area contributed by atoms with Crippen molar-refractivity contribution >= 4 is 40.5 Å². The van der Waals surface area contributed by atoms with Gasteiger partial charge in [0.2, 0.25) is 5.91 Å². The average molecular weight is 432 g/mol. The van der Waals surface area contributed by atoms with E-state index in [2.05, 4.69) is 0 Å². The highest BCUT2D eigenvalue weighted by atomic mass is 35.5. The van der Waals surface area contributed by atoms with Crippen LogP contribution in [0.4, 0.5) is 5.69 Å². The number of aliphatic hydroxyl groups excluding tert-OH is 2. The molecule has 4 rings (SSSR count). The van der Waals surface area contributed by atoms with Gasteiger partial charge < -0.3 is 25.7 Å². The third-order valence-corrected chi connectivity index (χ3v) is 6.46. The number of anilines is 1. The minimum Gasteiger partial charge on any atom is -0.390 e. The van der Waals surface area contributed by atoms with Crippen molar-refractivity contribution in [2.45, 2.75) is 37.3 Å². The van der Waals surface area contributed by atoms with E-state index < -0.39 is 36.1 Å². The van der Waals surface area contributed by atoms with Gasteiger partial charge in [0.25, 0.3) is 0 Å². The summed E-state index contributed by atoms with van der Waals surface area (Å²) in [6.45, 7) is 0.445. The van der Waals surface area contributed by atoms with Crippen LogP contribution >= 0.6 is 23.8 Å². The standard InChI is InChI=1S/C21H22ClN3O3S/c22-13-6-8-14(9-7-13)25-17-15(20(23)28)10-16(26)19(27)18(17)24(21(25)29)11-12-4-2-1-3-5-12/h1-9,15-19,26-27H,10-11H2,(H2,23,28)/t15-,16-,17-,18-,19+/m1/s1. The number of hydrogen-bond acceptors (Lipinski definition) is 4. The SMILES string of the molecule is NC(=O)[C@@H]1C[C@@H](O)[C@H](O)[C@H]2[C@@H]1N(c1ccc(Cl)cc1)C(=S)N2Cc1ccccc1. The van der Waals surface area contributed by atoms with E-state index in [1.165, 1.54) is 0 Å². The van der Waals surface area contributed by atoms with Crippen LogP contribution in [0.2, 0.25) is 5.02 Å². The van der Waals surface area contributed by atoms with Crippen molar-refractivity contribution in [3.8, 4) is 0 Å². The molecule has 152 valence electrons. The Kier molecular flexibility index (Phi) is 5.48. The number of halogens is 1. The Labute approximate surface area is 179 Å². The number of carbonyl (C=O) groups excluding carboxylic acids is 1. The van der Waals surface area contributed by atoms with Gasteiger partial charge in [0.15, 0.2) is 5.11 Å². The van der Waals surface area contributed by atoms with E-state index >= 15 is 0 Å². The molecule has 0 aromatic heterocycles. The number of amides is 1. The number of nitrogens with zero attached hydrogens (tertiary/aromatic N) is 2. The molecular weight excluding hydrogens is 410 g/mol. The molecule has 2 aromatic rings. The first-order valence-electron chi connectivity index (χ1n) is 9.43. The number of rotatable bonds is 4. The Morgan fingerprint density at radius 2 is 1.76 bits per heavy atom. The van der Waals surface area contributed by atoms with Gasteiger partial charge in [-0.3, -0.25) is 4.79 Å². The molecule has 0 spiro atoms. The van der Waals surface area contributed by atoms with Gasteiger partial charge in [-0.2, -0.15) is 0 Å². The first-order chi connectivity index (χ1) is 13.9. The number of benzene rings is 2. The number of primary amides is 1. The van der Waals surface area contributed by atoms with Gasteiger partial charge in [-0.25, -0.2) is 0 Å². The molecule has 1 aliphatic carbocycles. The Morgan fingerprint density at radius 3 is 2.38 bits per heavy atom. The van der Waals surface area contributed by atoms with Crippen LogP contribution in [0.25, 0.3) is 0 Å². The fourth-order valence-corrected chi connectivity index (χ4v) is 4.96. The molecule has 1 saturated carbocycles. The van der Waals surface area contributed by atoms with Crippen molar-refractivity contribution in [3.05, 3.63) is 65.2 Å². The van der Waals surface area contributed by atoms with Gasteiger partial charge in [-0.15, -0.1) is 0 Å². The Balaban J connectivity index is 1.79. The summed E-state index contributed by atoms with van der Waals surface area (Å²) in [6.07, 6.45) is -2.03. The third kappa shape index (κ3) is 3.59. The predicted molar refractivity (Wildman–Crippen MR) is 115 cm³/mol. The smallest absolute Gasteiger partial charge is 0.222 e. The van der Waals surface area contributed by atoms with E-state index in [0.29, 0.717) is 16.7 Å². The van der Waals surface area contributed by atoms with Gasteiger partial charge in [0.05, 0.1) is 24.1 Å². The molecule has 1 amide bonds. The van der Waals surface area contributed by atoms with Crippen molar-refractivity contribution in [1.82, 2.24) is 4.90 Å². The van der Waals surface area contributed by atoms with E-state index in [0.717, 1.165) is 11.3 Å². The molecule has 0 unspecified atom stereocenters. The average Bonchev–Trinajstić information content (AvgIpc) is 2.98. The van der Waals surface area contributed by atoms with E-state index in [9.17, 15) is 15.0 Å². The molecule has 6 nitrogen and oxygen atoms in total. The first kappa shape index (κ1) is 20.1. The highest BCUT2D eigenvalue weighted by molar-refractivity contribution is 7.80. The summed E-state index contributed by atoms with van der Waals surface area (Å²) in [5.74, 6) is -1.18. The summed E-state index contributed by atoms with van der Waals surface area (Å²) >= 11 is 11.8. The van der Waals surface area contributed by atoms with Crippen molar-refractivity contribution in [2.24, 2.45) is 11.7 Å². The predicted octanol–water partition coefficient (Wildman–Crippen LogP) is 1.91. The monoisotopic (exact) mass is 431 g/mol. The molecular formula is C21H22ClN3O3S. The van der Waals surface area contributed by atoms with Gasteiger partial charge >= 0.3 is 0 Å². The third-order valence-electron chi connectivity index (χ3n) is 5.78. The first-order valence-corrected chi connectivity index (χ1v) is 10.2. The van der Waals surface area contributed by atoms with Crippen LogP contribution < -0.4 is 10.6 Å². The molecule has 1 aliphatic heterocycles. The van der Waals surface area contributed by atoms with Gasteiger partial charge in [0, 0.05) is 17.3 Å². The lowest BCUT2D eigenvalue weighted by molar-refractivity contribution is -0.129. The maximum atomic E-state index is 12.3. The van der Waals surface area contributed by atoms with Crippen LogP contribution in [0, 0.1) is 5.92 Å². The number of nitrogens with two attached hydrogens (primary N) is 1. The summed E-state index contributed by atoms with van der Waals surface area (Å²) in [7, 11) is 0. The topological polar surface area (TPSA) is 90.0 Å². The van der Waals surface area contributed by atoms with Crippen LogP contribution in [0.5, 0.6) is 0 Å². The molecule has 5 atom stereocenters. The maximum Gasteiger partial charge on any atom is 0.222 e. The van der Waals surface area contributed by atoms with Crippen molar-refractivity contribution in [2.75, 3.05) is 4.90 Å². The number of thiocarbonyl (C=S) groups is 1. The van der Waals surface area contributed by atoms with Gasteiger partial charge in [-0.1, -0.05) is 41.9 Å². The van der Waals surface area contributed by atoms with Crippen molar-refractivity contribution in [1.29, 1.82) is 0 Å². The molecule has 1 saturated heterocycles. The van der Waals surface area contributed by atoms with Crippen LogP contribution in [0.3, 0.4) is 0 Å². The molecule has 0 bridgehead atoms. The second-order valence-corrected chi connectivity index (χ2v) is 8.33. The van der Waals surface area contributed by atoms with Crippen LogP contribution in [0.1, 0.15) is 12.0 Å². The fraction of sp³-hybridized carbons (Fsp3) is 0.333. The zero-order valence-corrected chi connectivity index (χ0v) is 17.1. The molecule has 2 aliphatic rings. The lowest BCUT2D eigenvalue weighted by atomic mass is 9.76. The maximum absolute atomic E-state index is 12.3. The highest BCUT2D eigenvalue weighted by Gasteiger charge is 2.56. The molecule has 4 N–H and O–H groups in total. The van der Waals surface area contributed by atoms with E-state index in [1.807, 2.05) is 52.3 Å². The minimum absolute atomic E-state index is 0.0869. The van der Waals surface area contributed by atoms with Crippen molar-refractivity contribution in [3.63, 3.8) is 0 Å². The molecule has 2 aromatic carbocycles. The van der Waals surface area contributed by atoms with E-state index in [4.69, 9.17) is 29.6 Å². The Hall–Kier alpha value is -2.19. The number of fused-ring (bicyclic) bond motifs is 1. The highest BCUT2D eigenvalue weighted by Crippen LogP contribution is 2.41. The van der Waals surface area contributed by atoms with E-state index in [-0.39, 0.29) is 6.42 Å². The Morgan fingerprint density at radius 1 is 1.10 bits per heavy atom. The molecule has 2 fully saturated rings. The lowest BCUT2D eigenvalue weighted by Crippen LogP contribution is -2.60. The number of hydrogen-bond donors (Lipinski definition) is 3. The normalized spacial score (nSPS) is 29.1. The second-order valence-electron chi connectivity index (χ2n) is 7.53.